The van der Waals surface area contributed by atoms with Gasteiger partial charge in [0.05, 0.1) is 0 Å². The van der Waals surface area contributed by atoms with Crippen LogP contribution in [0.2, 0.25) is 0 Å². The molecule has 1 atom stereocenters. The zero-order valence-corrected chi connectivity index (χ0v) is 15.6. The molecule has 0 aliphatic carbocycles. The Bertz CT molecular complexity index is 388. The Labute approximate surface area is 133 Å². The van der Waals surface area contributed by atoms with E-state index in [4.69, 9.17) is 45.9 Å². The molecule has 0 spiro atoms. The Morgan fingerprint density at radius 3 is 1.65 bits per heavy atom. The molecule has 11 nitrogen and oxygen atoms in total. The molecule has 5 N–H and O–H groups in total. The molecule has 0 aromatic rings. The van der Waals surface area contributed by atoms with Crippen molar-refractivity contribution in [1.29, 1.82) is 0 Å². The summed E-state index contributed by atoms with van der Waals surface area (Å²) in [5, 5.41) is 8.27. The molecule has 0 saturated carbocycles. The van der Waals surface area contributed by atoms with Crippen LogP contribution < -0.4 is 5.73 Å². The predicted molar refractivity (Wildman–Crippen MR) is 63.3 cm³/mol. The van der Waals surface area contributed by atoms with Gasteiger partial charge in [-0.2, -0.15) is 20.2 Å². The first-order chi connectivity index (χ1) is 8.18. The van der Waals surface area contributed by atoms with Gasteiger partial charge in [-0.25, -0.2) is 0 Å². The van der Waals surface area contributed by atoms with E-state index in [1.54, 1.807) is 11.8 Å². The maximum absolute atomic E-state index is 10.1. The second-order valence-corrected chi connectivity index (χ2v) is 5.28. The van der Waals surface area contributed by atoms with Crippen LogP contribution in [0, 0.1) is 0 Å². The Hall–Kier alpha value is 0.143. The van der Waals surface area contributed by atoms with Gasteiger partial charge in [-0.05, 0) is 18.4 Å². The van der Waals surface area contributed by atoms with E-state index in [0.29, 0.717) is 6.42 Å². The van der Waals surface area contributed by atoms with Crippen molar-refractivity contribution in [2.45, 2.75) is 12.5 Å². The first kappa shape index (κ1) is 28.3. The molecule has 0 aliphatic heterocycles. The third-order valence-corrected chi connectivity index (χ3v) is 1.59. The monoisotopic (exact) mass is 407 g/mol. The maximum atomic E-state index is 10.1. The van der Waals surface area contributed by atoms with Crippen molar-refractivity contribution >= 4 is 38.5 Å². The number of carboxylic acid groups (broad SMARTS) is 1. The van der Waals surface area contributed by atoms with Crippen molar-refractivity contribution in [3.63, 3.8) is 0 Å². The van der Waals surface area contributed by atoms with Crippen molar-refractivity contribution in [1.82, 2.24) is 0 Å². The van der Waals surface area contributed by atoms with E-state index >= 15 is 0 Å². The van der Waals surface area contributed by atoms with Crippen LogP contribution in [0.5, 0.6) is 0 Å². The minimum absolute atomic E-state index is 0. The van der Waals surface area contributed by atoms with Crippen molar-refractivity contribution < 1.29 is 64.4 Å². The normalized spacial score (nSPS) is 11.7. The van der Waals surface area contributed by atoms with Gasteiger partial charge in [0.15, 0.2) is 0 Å². The molecule has 0 aromatic carbocycles. The second-order valence-electron chi connectivity index (χ2n) is 2.58. The van der Waals surface area contributed by atoms with Crippen LogP contribution in [0.1, 0.15) is 6.42 Å². The quantitative estimate of drug-likeness (QED) is 0.229. The molecule has 0 amide bonds. The third-order valence-electron chi connectivity index (χ3n) is 0.950. The summed E-state index contributed by atoms with van der Waals surface area (Å²) in [5.74, 6) is -0.1000. The summed E-state index contributed by atoms with van der Waals surface area (Å²) in [6.07, 6.45) is 2.48. The Morgan fingerprint density at radius 1 is 1.25 bits per heavy atom. The predicted octanol–water partition coefficient (Wildman–Crippen LogP) is -1.84. The summed E-state index contributed by atoms with van der Waals surface area (Å²) < 4.78 is 65.7. The fourth-order valence-corrected chi connectivity index (χ4v) is 0.858. The van der Waals surface area contributed by atoms with Gasteiger partial charge < -0.3 is 19.9 Å². The molecule has 0 fully saturated rings. The summed E-state index contributed by atoms with van der Waals surface area (Å²) in [5.41, 5.74) is 5.19. The number of thioether (sulfide) groups is 1. The van der Waals surface area contributed by atoms with Gasteiger partial charge in [-0.3, -0.25) is 22.3 Å². The molecule has 0 radical (unpaired) electrons. The molecular weight excluding hydrogens is 396 g/mol. The zero-order valence-electron chi connectivity index (χ0n) is 10.2. The van der Waals surface area contributed by atoms with E-state index in [2.05, 4.69) is 0 Å². The van der Waals surface area contributed by atoms with E-state index in [0.717, 1.165) is 5.75 Å². The molecule has 118 valence electrons. The van der Waals surface area contributed by atoms with Gasteiger partial charge in [0.2, 0.25) is 0 Å². The fraction of sp³-hybridized carbons (Fsp3) is 0.800. The van der Waals surface area contributed by atoms with Gasteiger partial charge >= 0.3 is 35.8 Å². The Kier molecular flexibility index (Phi) is 20.0. The Balaban J connectivity index is -0.000000101. The van der Waals surface area contributed by atoms with E-state index in [1.165, 1.54) is 0 Å². The van der Waals surface area contributed by atoms with Crippen LogP contribution in [0.15, 0.2) is 0 Å². The summed E-state index contributed by atoms with van der Waals surface area (Å²) in [4.78, 5) is 10.1. The average molecular weight is 409 g/mol. The van der Waals surface area contributed by atoms with Crippen LogP contribution in [0.25, 0.3) is 0 Å². The standard InChI is InChI=1S/C5H11NO2S.2H2O4S.Zn/c1-9-3-2-4(6)5(7)8;2*1-5(2,3)4;/h4H,2-3,6H2,1H3,(H,7,8);2*(H2,1,2,3,4);/q;;;+2/p-2/t4-;;;/m0.../s1. The third kappa shape index (κ3) is 80.4. The van der Waals surface area contributed by atoms with Crippen LogP contribution in [-0.4, -0.2) is 64.2 Å². The SMILES string of the molecule is CSCC[C@H](N)C(=O)O.O=S(=O)(O)O.O=S(=O)([O-])[O-].[Zn+2]. The number of hydrogen-bond donors (Lipinski definition) is 4. The minimum Gasteiger partial charge on any atom is -0.759 e. The fourth-order valence-electron chi connectivity index (χ4n) is 0.368. The smallest absolute Gasteiger partial charge is 0.759 e. The molecule has 0 rings (SSSR count). The summed E-state index contributed by atoms with van der Waals surface area (Å²) >= 11 is 1.60. The molecule has 0 unspecified atom stereocenters. The van der Waals surface area contributed by atoms with Crippen LogP contribution in [-0.2, 0) is 45.1 Å². The molecular formula is C5H13NO10S3Zn. The molecule has 20 heavy (non-hydrogen) atoms. The van der Waals surface area contributed by atoms with Crippen molar-refractivity contribution in [2.24, 2.45) is 5.73 Å². The summed E-state index contributed by atoms with van der Waals surface area (Å²) in [6.45, 7) is 0. The van der Waals surface area contributed by atoms with Gasteiger partial charge in [0.1, 0.15) is 6.04 Å². The van der Waals surface area contributed by atoms with Gasteiger partial charge in [-0.1, -0.05) is 0 Å². The van der Waals surface area contributed by atoms with Crippen molar-refractivity contribution in [3.05, 3.63) is 0 Å². The van der Waals surface area contributed by atoms with Crippen LogP contribution in [0.4, 0.5) is 0 Å². The Morgan fingerprint density at radius 2 is 1.50 bits per heavy atom. The molecule has 0 aliphatic rings. The number of carboxylic acids is 1. The first-order valence-corrected chi connectivity index (χ1v) is 8.14. The van der Waals surface area contributed by atoms with Crippen molar-refractivity contribution in [3.8, 4) is 0 Å². The molecule has 0 aromatic heterocycles. The second kappa shape index (κ2) is 14.1. The number of carbonyl (C=O) groups is 1. The van der Waals surface area contributed by atoms with E-state index < -0.39 is 32.8 Å². The van der Waals surface area contributed by atoms with Gasteiger partial charge in [0.25, 0.3) is 0 Å². The first-order valence-electron chi connectivity index (χ1n) is 4.02. The summed E-state index contributed by atoms with van der Waals surface area (Å²) in [7, 11) is -9.83. The van der Waals surface area contributed by atoms with E-state index in [1.807, 2.05) is 6.26 Å². The van der Waals surface area contributed by atoms with E-state index in [9.17, 15) is 4.79 Å². The van der Waals surface area contributed by atoms with E-state index in [-0.39, 0.29) is 19.5 Å². The zero-order chi connectivity index (χ0) is 16.3. The van der Waals surface area contributed by atoms with Crippen molar-refractivity contribution in [2.75, 3.05) is 12.0 Å². The number of hydrogen-bond acceptors (Lipinski definition) is 9. The molecule has 0 saturated heterocycles. The molecule has 0 bridgehead atoms. The maximum Gasteiger partial charge on any atom is 2.00 e. The van der Waals surface area contributed by atoms with Crippen LogP contribution >= 0.6 is 11.8 Å². The topological polar surface area (TPSA) is 218 Å². The van der Waals surface area contributed by atoms with Crippen LogP contribution in [0.3, 0.4) is 0 Å². The molecule has 0 heterocycles. The largest absolute Gasteiger partial charge is 2.00 e. The number of rotatable bonds is 4. The van der Waals surface area contributed by atoms with Gasteiger partial charge in [0, 0.05) is 10.4 Å². The summed E-state index contributed by atoms with van der Waals surface area (Å²) in [6, 6.07) is -0.683. The number of aliphatic carboxylic acids is 1. The minimum atomic E-state index is -5.17. The average Bonchev–Trinajstić information content (AvgIpc) is 2.08. The number of nitrogens with two attached hydrogens (primary N) is 1. The van der Waals surface area contributed by atoms with Gasteiger partial charge in [-0.15, -0.1) is 0 Å². The molecule has 15 heteroatoms.